The molecule has 0 saturated carbocycles. The number of rotatable bonds is 7. The van der Waals surface area contributed by atoms with Crippen LogP contribution in [0.4, 0.5) is 22.7 Å². The molecule has 11 nitrogen and oxygen atoms in total. The first-order valence-corrected chi connectivity index (χ1v) is 16.5. The first kappa shape index (κ1) is 31.6. The quantitative estimate of drug-likeness (QED) is 0.201. The number of hydrogen-bond donors (Lipinski definition) is 2. The van der Waals surface area contributed by atoms with Gasteiger partial charge in [-0.15, -0.1) is 0 Å². The number of nitro groups is 1. The molecule has 2 aliphatic rings. The van der Waals surface area contributed by atoms with Crippen molar-refractivity contribution in [1.29, 1.82) is 0 Å². The van der Waals surface area contributed by atoms with Gasteiger partial charge in [0.1, 0.15) is 5.69 Å². The molecule has 14 heteroatoms. The molecule has 1 amide bonds. The van der Waals surface area contributed by atoms with Crippen molar-refractivity contribution in [2.24, 2.45) is 0 Å². The van der Waals surface area contributed by atoms with Gasteiger partial charge in [-0.05, 0) is 74.8 Å². The topological polar surface area (TPSA) is 128 Å². The predicted octanol–water partition coefficient (Wildman–Crippen LogP) is 5.18. The zero-order chi connectivity index (χ0) is 31.4. The molecule has 0 radical (unpaired) electrons. The van der Waals surface area contributed by atoms with E-state index in [1.54, 1.807) is 54.6 Å². The lowest BCUT2D eigenvalue weighted by Gasteiger charge is -2.36. The second-order valence-electron chi connectivity index (χ2n) is 10.8. The zero-order valence-corrected chi connectivity index (χ0v) is 26.6. The van der Waals surface area contributed by atoms with Crippen LogP contribution in [0.25, 0.3) is 0 Å². The van der Waals surface area contributed by atoms with E-state index >= 15 is 0 Å². The van der Waals surface area contributed by atoms with Crippen LogP contribution in [0.2, 0.25) is 5.02 Å². The monoisotopic (exact) mass is 656 g/mol. The molecule has 232 valence electrons. The number of sulfonamides is 1. The summed E-state index contributed by atoms with van der Waals surface area (Å²) in [4.78, 5) is 28.6. The van der Waals surface area contributed by atoms with E-state index in [4.69, 9.17) is 23.8 Å². The van der Waals surface area contributed by atoms with Crippen LogP contribution < -0.4 is 20.4 Å². The maximum absolute atomic E-state index is 13.2. The number of nitrogens with zero attached hydrogens (tertiary/aromatic N) is 4. The third kappa shape index (κ3) is 6.96. The molecule has 44 heavy (non-hydrogen) atoms. The number of halogens is 1. The van der Waals surface area contributed by atoms with Gasteiger partial charge < -0.3 is 15.1 Å². The summed E-state index contributed by atoms with van der Waals surface area (Å²) < 4.78 is 27.8. The van der Waals surface area contributed by atoms with Crippen molar-refractivity contribution in [3.8, 4) is 0 Å². The number of aryl methyl sites for hydroxylation is 1. The smallest absolute Gasteiger partial charge is 0.293 e. The molecule has 2 aliphatic heterocycles. The third-order valence-electron chi connectivity index (χ3n) is 7.81. The molecule has 5 rings (SSSR count). The number of nitrogens with one attached hydrogen (secondary N) is 2. The van der Waals surface area contributed by atoms with Crippen LogP contribution in [-0.4, -0.2) is 67.9 Å². The Morgan fingerprint density at radius 3 is 2.27 bits per heavy atom. The highest BCUT2D eigenvalue weighted by Gasteiger charge is 2.30. The van der Waals surface area contributed by atoms with Crippen LogP contribution in [0.15, 0.2) is 65.6 Å². The third-order valence-corrected chi connectivity index (χ3v) is 10.2. The Morgan fingerprint density at radius 2 is 1.61 bits per heavy atom. The molecule has 3 aromatic carbocycles. The predicted molar refractivity (Wildman–Crippen MR) is 176 cm³/mol. The lowest BCUT2D eigenvalue weighted by Crippen LogP contribution is -2.49. The fraction of sp³-hybridized carbons (Fsp3) is 0.333. The van der Waals surface area contributed by atoms with Crippen LogP contribution in [0.1, 0.15) is 35.2 Å². The summed E-state index contributed by atoms with van der Waals surface area (Å²) in [5.74, 6) is -0.589. The van der Waals surface area contributed by atoms with Crippen molar-refractivity contribution in [2.45, 2.75) is 31.1 Å². The van der Waals surface area contributed by atoms with Crippen molar-refractivity contribution in [3.63, 3.8) is 0 Å². The van der Waals surface area contributed by atoms with Crippen LogP contribution in [0, 0.1) is 17.0 Å². The average Bonchev–Trinajstić information content (AvgIpc) is 3.01. The number of piperazine rings is 1. The molecule has 2 saturated heterocycles. The molecular formula is C30H33ClN6O5S2. The molecule has 0 unspecified atom stereocenters. The Bertz CT molecular complexity index is 1670. The summed E-state index contributed by atoms with van der Waals surface area (Å²) in [5.41, 5.74) is 2.62. The fourth-order valence-corrected chi connectivity index (χ4v) is 7.41. The van der Waals surface area contributed by atoms with E-state index in [0.29, 0.717) is 35.2 Å². The number of amides is 1. The van der Waals surface area contributed by atoms with E-state index in [1.807, 2.05) is 16.7 Å². The van der Waals surface area contributed by atoms with Gasteiger partial charge in [0.05, 0.1) is 26.2 Å². The fourth-order valence-electron chi connectivity index (χ4n) is 5.49. The number of carbonyl (C=O) groups excluding carboxylic acids is 1. The van der Waals surface area contributed by atoms with Gasteiger partial charge in [0.2, 0.25) is 10.0 Å². The van der Waals surface area contributed by atoms with E-state index in [0.717, 1.165) is 37.9 Å². The largest absolute Gasteiger partial charge is 0.366 e. The Balaban J connectivity index is 1.26. The van der Waals surface area contributed by atoms with E-state index < -0.39 is 20.9 Å². The van der Waals surface area contributed by atoms with Gasteiger partial charge >= 0.3 is 0 Å². The zero-order valence-electron chi connectivity index (χ0n) is 24.2. The highest BCUT2D eigenvalue weighted by molar-refractivity contribution is 7.89. The lowest BCUT2D eigenvalue weighted by molar-refractivity contribution is -0.384. The molecule has 2 heterocycles. The van der Waals surface area contributed by atoms with Gasteiger partial charge in [0, 0.05) is 50.9 Å². The minimum atomic E-state index is -3.64. The average molecular weight is 657 g/mol. The van der Waals surface area contributed by atoms with Crippen LogP contribution in [0.5, 0.6) is 0 Å². The second kappa shape index (κ2) is 13.5. The van der Waals surface area contributed by atoms with E-state index in [2.05, 4.69) is 10.6 Å². The van der Waals surface area contributed by atoms with Crippen molar-refractivity contribution in [3.05, 3.63) is 86.9 Å². The molecule has 2 fully saturated rings. The molecule has 0 aliphatic carbocycles. The number of benzene rings is 3. The first-order chi connectivity index (χ1) is 21.0. The number of anilines is 3. The standard InChI is InChI=1S/C30H33ClN6O5S2/c1-21-8-11-23(12-9-21)44(41,42)36-18-16-35(17-19-36)28-24(31)6-5-7-25(28)32-30(43)33-29(38)22-10-13-26(27(20-22)37(39)40)34-14-3-2-4-15-34/h5-13,20H,2-4,14-19H2,1H3,(H2,32,33,38,43). The molecule has 0 spiro atoms. The SMILES string of the molecule is Cc1ccc(S(=O)(=O)N2CCN(c3c(Cl)cccc3NC(=S)NC(=O)c3ccc(N4CCCCC4)c([N+](=O)[O-])c3)CC2)cc1. The summed E-state index contributed by atoms with van der Waals surface area (Å²) in [6.45, 7) is 4.66. The number of carbonyl (C=O) groups is 1. The Kier molecular flexibility index (Phi) is 9.68. The number of piperidine rings is 1. The van der Waals surface area contributed by atoms with Crippen molar-refractivity contribution < 1.29 is 18.1 Å². The van der Waals surface area contributed by atoms with E-state index in [9.17, 15) is 23.3 Å². The summed E-state index contributed by atoms with van der Waals surface area (Å²) in [7, 11) is -3.64. The van der Waals surface area contributed by atoms with Crippen molar-refractivity contribution in [1.82, 2.24) is 9.62 Å². The number of thiocarbonyl (C=S) groups is 1. The van der Waals surface area contributed by atoms with Gasteiger partial charge in [-0.2, -0.15) is 4.31 Å². The minimum absolute atomic E-state index is 0.0122. The summed E-state index contributed by atoms with van der Waals surface area (Å²) in [6, 6.07) is 16.4. The normalized spacial score (nSPS) is 16.0. The molecular weight excluding hydrogens is 624 g/mol. The minimum Gasteiger partial charge on any atom is -0.366 e. The van der Waals surface area contributed by atoms with Crippen molar-refractivity contribution >= 4 is 67.6 Å². The summed E-state index contributed by atoms with van der Waals surface area (Å²) in [5, 5.41) is 17.9. The molecule has 0 bridgehead atoms. The van der Waals surface area contributed by atoms with Gasteiger partial charge in [0.15, 0.2) is 5.11 Å². The molecule has 0 aromatic heterocycles. The first-order valence-electron chi connectivity index (χ1n) is 14.3. The molecule has 3 aromatic rings. The van der Waals surface area contributed by atoms with Crippen molar-refractivity contribution in [2.75, 3.05) is 54.4 Å². The van der Waals surface area contributed by atoms with Gasteiger partial charge in [-0.1, -0.05) is 35.4 Å². The van der Waals surface area contributed by atoms with Crippen LogP contribution in [0.3, 0.4) is 0 Å². The van der Waals surface area contributed by atoms with Crippen LogP contribution >= 0.6 is 23.8 Å². The van der Waals surface area contributed by atoms with Gasteiger partial charge in [-0.3, -0.25) is 20.2 Å². The highest BCUT2D eigenvalue weighted by atomic mass is 35.5. The molecule has 0 atom stereocenters. The highest BCUT2D eigenvalue weighted by Crippen LogP contribution is 2.35. The summed E-state index contributed by atoms with van der Waals surface area (Å²) in [6.07, 6.45) is 3.02. The maximum atomic E-state index is 13.2. The number of para-hydroxylation sites is 1. The number of hydrogen-bond acceptors (Lipinski definition) is 8. The van der Waals surface area contributed by atoms with Crippen LogP contribution in [-0.2, 0) is 10.0 Å². The second-order valence-corrected chi connectivity index (χ2v) is 13.5. The summed E-state index contributed by atoms with van der Waals surface area (Å²) >= 11 is 12.0. The van der Waals surface area contributed by atoms with Gasteiger partial charge in [-0.25, -0.2) is 8.42 Å². The Hall–Kier alpha value is -3.78. The van der Waals surface area contributed by atoms with Gasteiger partial charge in [0.25, 0.3) is 11.6 Å². The molecule has 2 N–H and O–H groups in total. The lowest BCUT2D eigenvalue weighted by atomic mass is 10.1. The number of nitro benzene ring substituents is 1. The maximum Gasteiger partial charge on any atom is 0.293 e. The Labute approximate surface area is 267 Å². The van der Waals surface area contributed by atoms with E-state index in [1.165, 1.54) is 10.4 Å². The Morgan fingerprint density at radius 1 is 0.932 bits per heavy atom. The van der Waals surface area contributed by atoms with E-state index in [-0.39, 0.29) is 34.3 Å².